The third kappa shape index (κ3) is 3.55. The third-order valence-corrected chi connectivity index (χ3v) is 4.23. The van der Waals surface area contributed by atoms with Crippen LogP contribution in [0.3, 0.4) is 0 Å². The molecule has 0 bridgehead atoms. The lowest BCUT2D eigenvalue weighted by molar-refractivity contribution is 0.0693. The molecule has 0 aromatic carbocycles. The lowest BCUT2D eigenvalue weighted by Crippen LogP contribution is -2.38. The Labute approximate surface area is 127 Å². The predicted octanol–water partition coefficient (Wildman–Crippen LogP) is 3.37. The van der Waals surface area contributed by atoms with Crippen LogP contribution in [0.1, 0.15) is 69.4 Å². The Kier molecular flexibility index (Phi) is 4.55. The quantitative estimate of drug-likeness (QED) is 0.928. The molecule has 0 saturated heterocycles. The molecule has 0 atom stereocenters. The molecule has 1 aromatic rings. The molecule has 116 valence electrons. The summed E-state index contributed by atoms with van der Waals surface area (Å²) in [7, 11) is 0. The number of pyridine rings is 1. The van der Waals surface area contributed by atoms with Crippen LogP contribution in [0, 0.1) is 0 Å². The van der Waals surface area contributed by atoms with Gasteiger partial charge in [0.1, 0.15) is 5.82 Å². The van der Waals surface area contributed by atoms with Crippen LogP contribution in [0.5, 0.6) is 0 Å². The molecule has 1 aromatic heterocycles. The van der Waals surface area contributed by atoms with E-state index in [-0.39, 0.29) is 11.3 Å². The zero-order chi connectivity index (χ0) is 15.6. The van der Waals surface area contributed by atoms with Crippen molar-refractivity contribution in [3.8, 4) is 0 Å². The van der Waals surface area contributed by atoms with Crippen LogP contribution in [0.15, 0.2) is 12.1 Å². The largest absolute Gasteiger partial charge is 0.384 e. The van der Waals surface area contributed by atoms with Gasteiger partial charge >= 0.3 is 0 Å². The van der Waals surface area contributed by atoms with Crippen LogP contribution < -0.4 is 5.73 Å². The number of rotatable bonds is 3. The summed E-state index contributed by atoms with van der Waals surface area (Å²) < 4.78 is 0. The first kappa shape index (κ1) is 15.8. The smallest absolute Gasteiger partial charge is 0.254 e. The number of hydrogen-bond acceptors (Lipinski definition) is 3. The fourth-order valence-corrected chi connectivity index (χ4v) is 3.01. The van der Waals surface area contributed by atoms with Crippen molar-refractivity contribution in [2.45, 2.75) is 64.8 Å². The van der Waals surface area contributed by atoms with Gasteiger partial charge in [-0.05, 0) is 31.9 Å². The molecule has 1 aliphatic rings. The molecule has 2 N–H and O–H groups in total. The standard InChI is InChI=1S/C17H27N3O/c1-5-20(13-8-6-7-9-13)16(21)12-10-14(17(2,3)4)19-15(18)11-12/h10-11,13H,5-9H2,1-4H3,(H2,18,19). The summed E-state index contributed by atoms with van der Waals surface area (Å²) in [5, 5.41) is 0. The number of carbonyl (C=O) groups is 1. The Morgan fingerprint density at radius 1 is 1.33 bits per heavy atom. The first-order chi connectivity index (χ1) is 9.82. The molecule has 4 heteroatoms. The van der Waals surface area contributed by atoms with Gasteiger partial charge in [-0.1, -0.05) is 33.6 Å². The molecule has 1 fully saturated rings. The Balaban J connectivity index is 2.31. The highest BCUT2D eigenvalue weighted by Gasteiger charge is 2.27. The number of anilines is 1. The second-order valence-electron chi connectivity index (χ2n) is 6.95. The Morgan fingerprint density at radius 2 is 1.95 bits per heavy atom. The van der Waals surface area contributed by atoms with Crippen LogP contribution in [-0.2, 0) is 5.41 Å². The normalized spacial score (nSPS) is 16.2. The molecule has 2 rings (SSSR count). The maximum atomic E-state index is 12.8. The van der Waals surface area contributed by atoms with Crippen LogP contribution >= 0.6 is 0 Å². The number of aromatic nitrogens is 1. The van der Waals surface area contributed by atoms with Crippen LogP contribution in [0.2, 0.25) is 0 Å². The first-order valence-corrected chi connectivity index (χ1v) is 7.92. The third-order valence-electron chi connectivity index (χ3n) is 4.23. The summed E-state index contributed by atoms with van der Waals surface area (Å²) in [5.41, 5.74) is 7.33. The molecular formula is C17H27N3O. The Bertz CT molecular complexity index is 513. The van der Waals surface area contributed by atoms with Gasteiger partial charge in [0, 0.05) is 29.3 Å². The minimum Gasteiger partial charge on any atom is -0.384 e. The summed E-state index contributed by atoms with van der Waals surface area (Å²) >= 11 is 0. The van der Waals surface area contributed by atoms with Crippen molar-refractivity contribution in [1.29, 1.82) is 0 Å². The average molecular weight is 289 g/mol. The molecule has 1 aliphatic carbocycles. The number of nitrogens with zero attached hydrogens (tertiary/aromatic N) is 2. The molecule has 1 saturated carbocycles. The van der Waals surface area contributed by atoms with Gasteiger partial charge in [-0.15, -0.1) is 0 Å². The van der Waals surface area contributed by atoms with E-state index in [0.717, 1.165) is 25.1 Å². The number of nitrogen functional groups attached to an aromatic ring is 1. The van der Waals surface area contributed by atoms with Gasteiger partial charge in [0.15, 0.2) is 0 Å². The zero-order valence-electron chi connectivity index (χ0n) is 13.6. The minimum absolute atomic E-state index is 0.0870. The molecular weight excluding hydrogens is 262 g/mol. The van der Waals surface area contributed by atoms with Gasteiger partial charge in [0.25, 0.3) is 5.91 Å². The van der Waals surface area contributed by atoms with Crippen molar-refractivity contribution < 1.29 is 4.79 Å². The minimum atomic E-state index is -0.116. The lowest BCUT2D eigenvalue weighted by atomic mass is 9.90. The van der Waals surface area contributed by atoms with E-state index in [4.69, 9.17) is 5.73 Å². The zero-order valence-corrected chi connectivity index (χ0v) is 13.6. The second-order valence-corrected chi connectivity index (χ2v) is 6.95. The lowest BCUT2D eigenvalue weighted by Gasteiger charge is -2.28. The molecule has 21 heavy (non-hydrogen) atoms. The first-order valence-electron chi connectivity index (χ1n) is 7.92. The molecule has 0 unspecified atom stereocenters. The summed E-state index contributed by atoms with van der Waals surface area (Å²) in [6.45, 7) is 9.04. The highest BCUT2D eigenvalue weighted by Crippen LogP contribution is 2.27. The fourth-order valence-electron chi connectivity index (χ4n) is 3.01. The Morgan fingerprint density at radius 3 is 2.48 bits per heavy atom. The van der Waals surface area contributed by atoms with Crippen LogP contribution in [0.25, 0.3) is 0 Å². The van der Waals surface area contributed by atoms with Crippen molar-refractivity contribution >= 4 is 11.7 Å². The highest BCUT2D eigenvalue weighted by atomic mass is 16.2. The molecule has 1 amide bonds. The van der Waals surface area contributed by atoms with E-state index >= 15 is 0 Å². The Hall–Kier alpha value is -1.58. The van der Waals surface area contributed by atoms with E-state index in [9.17, 15) is 4.79 Å². The van der Waals surface area contributed by atoms with Crippen LogP contribution in [-0.4, -0.2) is 28.4 Å². The van der Waals surface area contributed by atoms with Gasteiger partial charge in [-0.2, -0.15) is 0 Å². The predicted molar refractivity (Wildman–Crippen MR) is 86.3 cm³/mol. The summed E-state index contributed by atoms with van der Waals surface area (Å²) in [6, 6.07) is 3.99. The monoisotopic (exact) mass is 289 g/mol. The van der Waals surface area contributed by atoms with E-state index in [1.807, 2.05) is 17.9 Å². The molecule has 1 heterocycles. The fraction of sp³-hybridized carbons (Fsp3) is 0.647. The van der Waals surface area contributed by atoms with Gasteiger partial charge in [-0.3, -0.25) is 4.79 Å². The molecule has 0 radical (unpaired) electrons. The van der Waals surface area contributed by atoms with Gasteiger partial charge in [0.05, 0.1) is 0 Å². The van der Waals surface area contributed by atoms with Gasteiger partial charge < -0.3 is 10.6 Å². The number of nitrogens with two attached hydrogens (primary N) is 1. The van der Waals surface area contributed by atoms with E-state index in [1.165, 1.54) is 12.8 Å². The van der Waals surface area contributed by atoms with E-state index in [1.54, 1.807) is 6.07 Å². The highest BCUT2D eigenvalue weighted by molar-refractivity contribution is 5.95. The van der Waals surface area contributed by atoms with E-state index in [2.05, 4.69) is 25.8 Å². The van der Waals surface area contributed by atoms with Crippen molar-refractivity contribution in [1.82, 2.24) is 9.88 Å². The van der Waals surface area contributed by atoms with Gasteiger partial charge in [0.2, 0.25) is 0 Å². The summed E-state index contributed by atoms with van der Waals surface area (Å²) in [5.74, 6) is 0.511. The van der Waals surface area contributed by atoms with Crippen molar-refractivity contribution in [2.75, 3.05) is 12.3 Å². The topological polar surface area (TPSA) is 59.2 Å². The van der Waals surface area contributed by atoms with Crippen LogP contribution in [0.4, 0.5) is 5.82 Å². The van der Waals surface area contributed by atoms with Crippen molar-refractivity contribution in [2.24, 2.45) is 0 Å². The van der Waals surface area contributed by atoms with Crippen molar-refractivity contribution in [3.05, 3.63) is 23.4 Å². The molecule has 0 aliphatic heterocycles. The average Bonchev–Trinajstić information content (AvgIpc) is 2.91. The molecule has 4 nitrogen and oxygen atoms in total. The van der Waals surface area contributed by atoms with E-state index < -0.39 is 0 Å². The number of hydrogen-bond donors (Lipinski definition) is 1. The second kappa shape index (κ2) is 6.04. The number of carbonyl (C=O) groups excluding carboxylic acids is 1. The van der Waals surface area contributed by atoms with E-state index in [0.29, 0.717) is 17.4 Å². The maximum Gasteiger partial charge on any atom is 0.254 e. The van der Waals surface area contributed by atoms with Crippen molar-refractivity contribution in [3.63, 3.8) is 0 Å². The SMILES string of the molecule is CCN(C(=O)c1cc(N)nc(C(C)(C)C)c1)C1CCCC1. The number of amides is 1. The summed E-state index contributed by atoms with van der Waals surface area (Å²) in [4.78, 5) is 19.2. The summed E-state index contributed by atoms with van der Waals surface area (Å²) in [6.07, 6.45) is 4.68. The molecule has 0 spiro atoms. The van der Waals surface area contributed by atoms with Gasteiger partial charge in [-0.25, -0.2) is 4.98 Å². The maximum absolute atomic E-state index is 12.8.